The zero-order chi connectivity index (χ0) is 4.28. The lowest BCUT2D eigenvalue weighted by atomic mass is 9.96. The van der Waals surface area contributed by atoms with E-state index < -0.39 is 0 Å². The summed E-state index contributed by atoms with van der Waals surface area (Å²) in [5.41, 5.74) is 0.755. The van der Waals surface area contributed by atoms with Gasteiger partial charge in [0.15, 0.2) is 0 Å². The average molecular weight is 65.9 g/mol. The van der Waals surface area contributed by atoms with Crippen LogP contribution in [-0.4, -0.2) is 7.85 Å². The van der Waals surface area contributed by atoms with Crippen molar-refractivity contribution in [1.82, 2.24) is 0 Å². The molecule has 0 rings (SSSR count). The van der Waals surface area contributed by atoms with Gasteiger partial charge in [0.1, 0.15) is 7.85 Å². The van der Waals surface area contributed by atoms with Crippen LogP contribution in [0.4, 0.5) is 0 Å². The molecule has 0 aliphatic carbocycles. The maximum absolute atomic E-state index is 5.10. The van der Waals surface area contributed by atoms with Gasteiger partial charge in [-0.3, -0.25) is 0 Å². The fraction of sp³-hybridized carbons (Fsp3) is 0.500. The summed E-state index contributed by atoms with van der Waals surface area (Å²) in [6.07, 6.45) is 0.889. The monoisotopic (exact) mass is 66.1 g/mol. The van der Waals surface area contributed by atoms with Gasteiger partial charge < -0.3 is 0 Å². The Balaban J connectivity index is 2.85. The Morgan fingerprint density at radius 1 is 2.00 bits per heavy atom. The van der Waals surface area contributed by atoms with Gasteiger partial charge in [0.05, 0.1) is 0 Å². The summed E-state index contributed by atoms with van der Waals surface area (Å²) in [6.45, 7) is 5.43. The normalized spacial score (nSPS) is 7.40. The van der Waals surface area contributed by atoms with Crippen LogP contribution in [0.3, 0.4) is 0 Å². The van der Waals surface area contributed by atoms with Crippen molar-refractivity contribution in [2.24, 2.45) is 0 Å². The molecule has 0 saturated carbocycles. The summed E-state index contributed by atoms with van der Waals surface area (Å²) >= 11 is 0. The fourth-order valence-corrected chi connectivity index (χ4v) is 0. The summed E-state index contributed by atoms with van der Waals surface area (Å²) in [5.74, 6) is 0. The highest BCUT2D eigenvalue weighted by Crippen LogP contribution is 1.83. The van der Waals surface area contributed by atoms with Gasteiger partial charge in [0, 0.05) is 0 Å². The van der Waals surface area contributed by atoms with Crippen LogP contribution in [0.1, 0.15) is 13.3 Å². The summed E-state index contributed by atoms with van der Waals surface area (Å²) in [7, 11) is 5.10. The van der Waals surface area contributed by atoms with Gasteiger partial charge in [-0.25, -0.2) is 0 Å². The average Bonchev–Trinajstić information content (AvgIpc) is 1.38. The fourth-order valence-electron chi connectivity index (χ4n) is 0. The van der Waals surface area contributed by atoms with Crippen molar-refractivity contribution < 1.29 is 0 Å². The molecular formula is C4H7B. The Kier molecular flexibility index (Phi) is 1.99. The second-order valence-electron chi connectivity index (χ2n) is 1.01. The van der Waals surface area contributed by atoms with Gasteiger partial charge >= 0.3 is 0 Å². The Morgan fingerprint density at radius 3 is 2.20 bits per heavy atom. The van der Waals surface area contributed by atoms with Gasteiger partial charge in [-0.05, 0) is 6.42 Å². The summed E-state index contributed by atoms with van der Waals surface area (Å²) in [5, 5.41) is 0. The molecule has 26 valence electrons. The molecule has 0 unspecified atom stereocenters. The number of hydrogen-bond acceptors (Lipinski definition) is 0. The first kappa shape index (κ1) is 4.80. The molecule has 5 heavy (non-hydrogen) atoms. The molecule has 0 aromatic heterocycles. The highest BCUT2D eigenvalue weighted by Gasteiger charge is 1.67. The molecule has 0 atom stereocenters. The molecular weight excluding hydrogens is 58.9 g/mol. The molecule has 0 aliphatic rings. The van der Waals surface area contributed by atoms with Crippen LogP contribution >= 0.6 is 0 Å². The Hall–Kier alpha value is -0.195. The predicted octanol–water partition coefficient (Wildman–Crippen LogP) is 1.08. The summed E-state index contributed by atoms with van der Waals surface area (Å²) in [6, 6.07) is 0. The maximum atomic E-state index is 5.10. The third kappa shape index (κ3) is 3.80. The molecule has 1 heteroatoms. The molecule has 0 fully saturated rings. The van der Waals surface area contributed by atoms with E-state index in [4.69, 9.17) is 7.85 Å². The topological polar surface area (TPSA) is 0 Å². The quantitative estimate of drug-likeness (QED) is 0.401. The molecule has 0 N–H and O–H groups in total. The molecule has 0 heterocycles. The second-order valence-corrected chi connectivity index (χ2v) is 1.01. The minimum Gasteiger partial charge on any atom is -0.125 e. The van der Waals surface area contributed by atoms with E-state index in [2.05, 4.69) is 6.58 Å². The molecule has 2 radical (unpaired) electrons. The molecule has 0 saturated heterocycles. The van der Waals surface area contributed by atoms with Crippen molar-refractivity contribution in [3.05, 3.63) is 12.1 Å². The van der Waals surface area contributed by atoms with Crippen LogP contribution in [0.5, 0.6) is 0 Å². The molecule has 0 aromatic carbocycles. The lowest BCUT2D eigenvalue weighted by Gasteiger charge is -1.80. The zero-order valence-corrected chi connectivity index (χ0v) is 3.49. The summed E-state index contributed by atoms with van der Waals surface area (Å²) < 4.78 is 0. The molecule has 0 bridgehead atoms. The first-order valence-electron chi connectivity index (χ1n) is 1.70. The van der Waals surface area contributed by atoms with Crippen molar-refractivity contribution in [3.63, 3.8) is 0 Å². The Labute approximate surface area is 34.3 Å². The van der Waals surface area contributed by atoms with Gasteiger partial charge in [-0.15, -0.1) is 12.1 Å². The van der Waals surface area contributed by atoms with E-state index in [9.17, 15) is 0 Å². The van der Waals surface area contributed by atoms with E-state index in [0.29, 0.717) is 0 Å². The molecule has 0 spiro atoms. The number of rotatable bonds is 1. The third-order valence-corrected chi connectivity index (χ3v) is 0.454. The van der Waals surface area contributed by atoms with Crippen molar-refractivity contribution >= 4 is 7.85 Å². The van der Waals surface area contributed by atoms with Crippen LogP contribution in [0, 0.1) is 0 Å². The number of allylic oxidation sites excluding steroid dienone is 1. The van der Waals surface area contributed by atoms with Gasteiger partial charge in [-0.1, -0.05) is 6.92 Å². The first-order valence-corrected chi connectivity index (χ1v) is 1.70. The van der Waals surface area contributed by atoms with E-state index in [0.717, 1.165) is 11.9 Å². The van der Waals surface area contributed by atoms with Gasteiger partial charge in [0.2, 0.25) is 0 Å². The highest BCUT2D eigenvalue weighted by atomic mass is 13.6. The summed E-state index contributed by atoms with van der Waals surface area (Å²) in [4.78, 5) is 0. The molecule has 0 aromatic rings. The third-order valence-electron chi connectivity index (χ3n) is 0.454. The maximum Gasteiger partial charge on any atom is 0.106 e. The van der Waals surface area contributed by atoms with E-state index in [1.54, 1.807) is 0 Å². The lowest BCUT2D eigenvalue weighted by molar-refractivity contribution is 1.20. The largest absolute Gasteiger partial charge is 0.125 e. The van der Waals surface area contributed by atoms with Gasteiger partial charge in [-0.2, -0.15) is 0 Å². The minimum absolute atomic E-state index is 0.755. The standard InChI is InChI=1S/C4H7B/c1-3-4(2)5/h2-3H2,1H3. The van der Waals surface area contributed by atoms with Crippen LogP contribution in [-0.2, 0) is 0 Å². The van der Waals surface area contributed by atoms with Crippen LogP contribution < -0.4 is 0 Å². The van der Waals surface area contributed by atoms with Crippen LogP contribution in [0.15, 0.2) is 12.1 Å². The molecule has 0 nitrogen and oxygen atoms in total. The molecule has 0 amide bonds. The predicted molar refractivity (Wildman–Crippen MR) is 25.2 cm³/mol. The van der Waals surface area contributed by atoms with Crippen molar-refractivity contribution in [1.29, 1.82) is 0 Å². The first-order chi connectivity index (χ1) is 2.27. The Morgan fingerprint density at radius 2 is 2.20 bits per heavy atom. The second kappa shape index (κ2) is 2.07. The SMILES string of the molecule is [B]C(=C)CC. The van der Waals surface area contributed by atoms with E-state index in [1.165, 1.54) is 0 Å². The van der Waals surface area contributed by atoms with Crippen molar-refractivity contribution in [3.8, 4) is 0 Å². The minimum atomic E-state index is 0.755. The van der Waals surface area contributed by atoms with E-state index in [-0.39, 0.29) is 0 Å². The number of hydrogen-bond donors (Lipinski definition) is 0. The highest BCUT2D eigenvalue weighted by molar-refractivity contribution is 6.21. The van der Waals surface area contributed by atoms with Crippen LogP contribution in [0.2, 0.25) is 0 Å². The Bertz CT molecular complexity index is 38.9. The van der Waals surface area contributed by atoms with E-state index >= 15 is 0 Å². The van der Waals surface area contributed by atoms with Crippen molar-refractivity contribution in [2.45, 2.75) is 13.3 Å². The van der Waals surface area contributed by atoms with E-state index in [1.807, 2.05) is 6.92 Å². The van der Waals surface area contributed by atoms with Crippen LogP contribution in [0.25, 0.3) is 0 Å². The zero-order valence-electron chi connectivity index (χ0n) is 3.49. The van der Waals surface area contributed by atoms with Crippen molar-refractivity contribution in [2.75, 3.05) is 0 Å². The van der Waals surface area contributed by atoms with Gasteiger partial charge in [0.25, 0.3) is 0 Å². The molecule has 0 aliphatic heterocycles. The smallest absolute Gasteiger partial charge is 0.106 e. The lowest BCUT2D eigenvalue weighted by Crippen LogP contribution is -1.68.